The van der Waals surface area contributed by atoms with E-state index in [1.807, 2.05) is 33.2 Å². The Morgan fingerprint density at radius 2 is 2.17 bits per heavy atom. The summed E-state index contributed by atoms with van der Waals surface area (Å²) in [7, 11) is 3.68. The highest BCUT2D eigenvalue weighted by molar-refractivity contribution is 6.09. The molecule has 0 bridgehead atoms. The van der Waals surface area contributed by atoms with E-state index in [4.69, 9.17) is 9.15 Å². The topological polar surface area (TPSA) is 67.9 Å². The Labute approximate surface area is 133 Å². The lowest BCUT2D eigenvalue weighted by Gasteiger charge is -2.06. The Bertz CT molecular complexity index is 926. The summed E-state index contributed by atoms with van der Waals surface area (Å²) >= 11 is 0. The first-order valence-electron chi connectivity index (χ1n) is 7.18. The molecular formula is C17H17N3O3. The molecule has 23 heavy (non-hydrogen) atoms. The van der Waals surface area contributed by atoms with Crippen LogP contribution in [0.4, 0.5) is 0 Å². The molecule has 0 fully saturated rings. The van der Waals surface area contributed by atoms with Gasteiger partial charge in [-0.2, -0.15) is 5.10 Å². The Balaban J connectivity index is 2.30. The van der Waals surface area contributed by atoms with Crippen molar-refractivity contribution < 1.29 is 13.9 Å². The van der Waals surface area contributed by atoms with Crippen LogP contribution in [0, 0.1) is 6.92 Å². The number of hydrazone groups is 1. The molecular weight excluding hydrogens is 294 g/mol. The van der Waals surface area contributed by atoms with E-state index in [-0.39, 0.29) is 5.97 Å². The fourth-order valence-electron chi connectivity index (χ4n) is 2.43. The number of aryl methyl sites for hydroxylation is 1. The SMILES string of the molecule is CC(=O)Oc1cc2c(C)c(/C=N/N(C)C)oc2c2cccnc12. The summed E-state index contributed by atoms with van der Waals surface area (Å²) in [6.07, 6.45) is 3.33. The minimum absolute atomic E-state index is 0.383. The molecule has 0 aliphatic carbocycles. The number of esters is 1. The van der Waals surface area contributed by atoms with Crippen molar-refractivity contribution in [2.45, 2.75) is 13.8 Å². The molecule has 0 atom stereocenters. The van der Waals surface area contributed by atoms with Gasteiger partial charge in [-0.1, -0.05) is 0 Å². The fraction of sp³-hybridized carbons (Fsp3) is 0.235. The van der Waals surface area contributed by atoms with Crippen LogP contribution in [0.15, 0.2) is 33.9 Å². The van der Waals surface area contributed by atoms with Crippen LogP contribution >= 0.6 is 0 Å². The molecule has 2 heterocycles. The van der Waals surface area contributed by atoms with E-state index in [9.17, 15) is 4.79 Å². The number of aromatic nitrogens is 1. The molecule has 0 saturated heterocycles. The molecule has 0 saturated carbocycles. The Morgan fingerprint density at radius 3 is 2.87 bits per heavy atom. The van der Waals surface area contributed by atoms with Crippen molar-refractivity contribution >= 4 is 34.1 Å². The second-order valence-corrected chi connectivity index (χ2v) is 5.43. The van der Waals surface area contributed by atoms with Gasteiger partial charge in [0, 0.05) is 43.6 Å². The number of furan rings is 1. The van der Waals surface area contributed by atoms with Gasteiger partial charge in [0.15, 0.2) is 11.5 Å². The maximum atomic E-state index is 11.4. The van der Waals surface area contributed by atoms with Crippen molar-refractivity contribution in [3.8, 4) is 5.75 Å². The minimum Gasteiger partial charge on any atom is -0.454 e. The highest BCUT2D eigenvalue weighted by Gasteiger charge is 2.17. The first-order valence-corrected chi connectivity index (χ1v) is 7.18. The smallest absolute Gasteiger partial charge is 0.308 e. The standard InChI is InChI=1S/C17H17N3O3/c1-10-13-8-14(22-11(2)21)16-12(6-5-7-18-16)17(13)23-15(10)9-19-20(3)4/h5-9H,1-4H3/b19-9+. The fourth-order valence-corrected chi connectivity index (χ4v) is 2.43. The van der Waals surface area contributed by atoms with Crippen LogP contribution < -0.4 is 4.74 Å². The van der Waals surface area contributed by atoms with Crippen LogP contribution in [0.5, 0.6) is 5.75 Å². The lowest BCUT2D eigenvalue weighted by atomic mass is 10.1. The van der Waals surface area contributed by atoms with Crippen LogP contribution in [0.1, 0.15) is 18.2 Å². The van der Waals surface area contributed by atoms with E-state index in [0.717, 1.165) is 16.3 Å². The number of pyridine rings is 1. The molecule has 2 aromatic heterocycles. The molecule has 118 valence electrons. The van der Waals surface area contributed by atoms with E-state index < -0.39 is 0 Å². The van der Waals surface area contributed by atoms with Gasteiger partial charge in [-0.15, -0.1) is 0 Å². The normalized spacial score (nSPS) is 11.5. The number of fused-ring (bicyclic) bond motifs is 3. The van der Waals surface area contributed by atoms with Crippen molar-refractivity contribution in [1.29, 1.82) is 0 Å². The van der Waals surface area contributed by atoms with Crippen LogP contribution in [0.3, 0.4) is 0 Å². The lowest BCUT2D eigenvalue weighted by molar-refractivity contribution is -0.131. The number of benzene rings is 1. The van der Waals surface area contributed by atoms with Gasteiger partial charge in [-0.3, -0.25) is 9.78 Å². The Morgan fingerprint density at radius 1 is 1.39 bits per heavy atom. The summed E-state index contributed by atoms with van der Waals surface area (Å²) in [6, 6.07) is 5.51. The molecule has 1 aromatic carbocycles. The van der Waals surface area contributed by atoms with Gasteiger partial charge in [-0.25, -0.2) is 0 Å². The number of nitrogens with zero attached hydrogens (tertiary/aromatic N) is 3. The van der Waals surface area contributed by atoms with Crippen molar-refractivity contribution in [1.82, 2.24) is 9.99 Å². The number of carbonyl (C=O) groups is 1. The molecule has 6 heteroatoms. The zero-order valence-corrected chi connectivity index (χ0v) is 13.5. The average Bonchev–Trinajstić information content (AvgIpc) is 2.82. The Kier molecular flexibility index (Phi) is 3.73. The third-order valence-electron chi connectivity index (χ3n) is 3.45. The number of hydrogen-bond acceptors (Lipinski definition) is 6. The van der Waals surface area contributed by atoms with Gasteiger partial charge >= 0.3 is 5.97 Å². The van der Waals surface area contributed by atoms with E-state index in [1.54, 1.807) is 23.5 Å². The van der Waals surface area contributed by atoms with Crippen molar-refractivity contribution in [3.63, 3.8) is 0 Å². The van der Waals surface area contributed by atoms with Crippen LogP contribution in [0.25, 0.3) is 21.9 Å². The van der Waals surface area contributed by atoms with E-state index in [1.165, 1.54) is 6.92 Å². The van der Waals surface area contributed by atoms with Crippen LogP contribution in [-0.2, 0) is 4.79 Å². The highest BCUT2D eigenvalue weighted by Crippen LogP contribution is 2.36. The predicted molar refractivity (Wildman–Crippen MR) is 88.8 cm³/mol. The second kappa shape index (κ2) is 5.72. The number of ether oxygens (including phenoxy) is 1. The average molecular weight is 311 g/mol. The molecule has 3 rings (SSSR count). The van der Waals surface area contributed by atoms with Crippen molar-refractivity contribution in [2.24, 2.45) is 5.10 Å². The summed E-state index contributed by atoms with van der Waals surface area (Å²) in [4.78, 5) is 15.7. The molecule has 0 aliphatic rings. The van der Waals surface area contributed by atoms with Gasteiger partial charge < -0.3 is 14.2 Å². The monoisotopic (exact) mass is 311 g/mol. The molecule has 0 spiro atoms. The second-order valence-electron chi connectivity index (χ2n) is 5.43. The molecule has 6 nitrogen and oxygen atoms in total. The maximum Gasteiger partial charge on any atom is 0.308 e. The summed E-state index contributed by atoms with van der Waals surface area (Å²) in [5.74, 6) is 0.714. The maximum absolute atomic E-state index is 11.4. The van der Waals surface area contributed by atoms with Crippen molar-refractivity contribution in [3.05, 3.63) is 35.7 Å². The molecule has 0 unspecified atom stereocenters. The number of hydrogen-bond donors (Lipinski definition) is 0. The molecule has 3 aromatic rings. The highest BCUT2D eigenvalue weighted by atomic mass is 16.5. The molecule has 0 radical (unpaired) electrons. The van der Waals surface area contributed by atoms with E-state index >= 15 is 0 Å². The van der Waals surface area contributed by atoms with Crippen LogP contribution in [0.2, 0.25) is 0 Å². The molecule has 0 N–H and O–H groups in total. The Hall–Kier alpha value is -2.89. The third-order valence-corrected chi connectivity index (χ3v) is 3.45. The summed E-state index contributed by atoms with van der Waals surface area (Å²) in [5.41, 5.74) is 2.24. The number of rotatable bonds is 3. The summed E-state index contributed by atoms with van der Waals surface area (Å²) in [6.45, 7) is 3.32. The lowest BCUT2D eigenvalue weighted by Crippen LogP contribution is -2.02. The first-order chi connectivity index (χ1) is 11.0. The van der Waals surface area contributed by atoms with Crippen LogP contribution in [-0.4, -0.2) is 36.3 Å². The van der Waals surface area contributed by atoms with Gasteiger partial charge in [0.05, 0.1) is 6.21 Å². The number of carbonyl (C=O) groups excluding carboxylic acids is 1. The first kappa shape index (κ1) is 15.0. The molecule has 0 aliphatic heterocycles. The minimum atomic E-state index is -0.383. The van der Waals surface area contributed by atoms with Gasteiger partial charge in [0.1, 0.15) is 11.1 Å². The zero-order chi connectivity index (χ0) is 16.6. The van der Waals surface area contributed by atoms with Gasteiger partial charge in [-0.05, 0) is 25.1 Å². The summed E-state index contributed by atoms with van der Waals surface area (Å²) < 4.78 is 11.3. The van der Waals surface area contributed by atoms with Crippen molar-refractivity contribution in [2.75, 3.05) is 14.1 Å². The van der Waals surface area contributed by atoms with E-state index in [2.05, 4.69) is 10.1 Å². The third kappa shape index (κ3) is 2.75. The van der Waals surface area contributed by atoms with Gasteiger partial charge in [0.2, 0.25) is 0 Å². The summed E-state index contributed by atoms with van der Waals surface area (Å²) in [5, 5.41) is 7.58. The van der Waals surface area contributed by atoms with Gasteiger partial charge in [0.25, 0.3) is 0 Å². The molecule has 0 amide bonds. The quantitative estimate of drug-likeness (QED) is 0.322. The van der Waals surface area contributed by atoms with E-state index in [0.29, 0.717) is 22.6 Å². The largest absolute Gasteiger partial charge is 0.454 e. The predicted octanol–water partition coefficient (Wildman–Crippen LogP) is 3.11. The zero-order valence-electron chi connectivity index (χ0n) is 13.5.